The van der Waals surface area contributed by atoms with E-state index in [1.54, 1.807) is 6.07 Å². The fourth-order valence-electron chi connectivity index (χ4n) is 6.66. The molecule has 0 spiro atoms. The molecule has 1 N–H and O–H groups in total. The molecule has 0 aliphatic rings. The summed E-state index contributed by atoms with van der Waals surface area (Å²) >= 11 is 0. The van der Waals surface area contributed by atoms with Crippen LogP contribution in [0.1, 0.15) is 5.56 Å². The lowest BCUT2D eigenvalue weighted by molar-refractivity contribution is -0.394. The van der Waals surface area contributed by atoms with Crippen molar-refractivity contribution in [3.63, 3.8) is 0 Å². The Morgan fingerprint density at radius 1 is 0.532 bits per heavy atom. The standard InChI is InChI=1S/C39H27N2O5P/c42-36-21-19-28-11-7-9-17-34(28)38(36)39-35-18-10-8-12-29(35)20-22-37(39)47(32-13-3-1-4-14-32,33-15-5-2-6-16-33)26-27-23-30(40(43)44)25-31(24-27)41(45)46/h1-25H,26H2/p+1. The minimum atomic E-state index is -2.84. The molecule has 0 amide bonds. The van der Waals surface area contributed by atoms with Crippen LogP contribution in [0.4, 0.5) is 11.4 Å². The quantitative estimate of drug-likeness (QED) is 0.102. The molecule has 0 saturated heterocycles. The topological polar surface area (TPSA) is 107 Å². The molecule has 7 aromatic carbocycles. The fourth-order valence-corrected chi connectivity index (χ4v) is 11.1. The maximum atomic E-state index is 12.0. The minimum absolute atomic E-state index is 0.131. The average molecular weight is 636 g/mol. The van der Waals surface area contributed by atoms with E-state index in [0.29, 0.717) is 11.1 Å². The summed E-state index contributed by atoms with van der Waals surface area (Å²) in [6.45, 7) is 0. The van der Waals surface area contributed by atoms with Gasteiger partial charge in [0, 0.05) is 28.8 Å². The van der Waals surface area contributed by atoms with Gasteiger partial charge in [0.2, 0.25) is 0 Å². The van der Waals surface area contributed by atoms with Crippen molar-refractivity contribution >= 4 is 56.1 Å². The van der Waals surface area contributed by atoms with Crippen molar-refractivity contribution in [1.82, 2.24) is 0 Å². The molecular formula is C39H28N2O5P+. The Labute approximate surface area is 271 Å². The van der Waals surface area contributed by atoms with Crippen LogP contribution in [0.25, 0.3) is 32.7 Å². The van der Waals surface area contributed by atoms with E-state index < -0.39 is 17.1 Å². The van der Waals surface area contributed by atoms with Crippen LogP contribution in [0.3, 0.4) is 0 Å². The van der Waals surface area contributed by atoms with Gasteiger partial charge in [-0.1, -0.05) is 97.1 Å². The molecular weight excluding hydrogens is 607 g/mol. The van der Waals surface area contributed by atoms with Crippen molar-refractivity contribution in [3.8, 4) is 16.9 Å². The molecule has 0 saturated carbocycles. The third kappa shape index (κ3) is 5.27. The number of hydrogen-bond donors (Lipinski definition) is 1. The van der Waals surface area contributed by atoms with Crippen molar-refractivity contribution in [1.29, 1.82) is 0 Å². The molecule has 0 bridgehead atoms. The molecule has 47 heavy (non-hydrogen) atoms. The highest BCUT2D eigenvalue weighted by molar-refractivity contribution is 7.95. The molecule has 7 nitrogen and oxygen atoms in total. The van der Waals surface area contributed by atoms with E-state index in [1.165, 1.54) is 12.1 Å². The van der Waals surface area contributed by atoms with Crippen LogP contribution in [0.2, 0.25) is 0 Å². The summed E-state index contributed by atoms with van der Waals surface area (Å²) in [5.74, 6) is 0.131. The molecule has 0 unspecified atom stereocenters. The van der Waals surface area contributed by atoms with Gasteiger partial charge >= 0.3 is 0 Å². The first kappa shape index (κ1) is 29.8. The van der Waals surface area contributed by atoms with Crippen molar-refractivity contribution < 1.29 is 15.0 Å². The van der Waals surface area contributed by atoms with E-state index in [0.717, 1.165) is 49.1 Å². The Morgan fingerprint density at radius 3 is 1.53 bits per heavy atom. The van der Waals surface area contributed by atoms with Gasteiger partial charge < -0.3 is 5.11 Å². The van der Waals surface area contributed by atoms with Crippen LogP contribution in [0.15, 0.2) is 152 Å². The van der Waals surface area contributed by atoms with E-state index in [9.17, 15) is 25.3 Å². The molecule has 0 heterocycles. The summed E-state index contributed by atoms with van der Waals surface area (Å²) in [6, 6.07) is 47.7. The number of fused-ring (bicyclic) bond motifs is 2. The van der Waals surface area contributed by atoms with E-state index in [-0.39, 0.29) is 23.3 Å². The number of aromatic hydroxyl groups is 1. The summed E-state index contributed by atoms with van der Waals surface area (Å²) in [5, 5.41) is 42.5. The lowest BCUT2D eigenvalue weighted by atomic mass is 9.93. The second kappa shape index (κ2) is 12.1. The SMILES string of the molecule is O=[N+]([O-])c1cc(C[P+](c2ccccc2)(c2ccccc2)c2ccc3ccccc3c2-c2c(O)ccc3ccccc23)cc([N+](=O)[O-])c1. The van der Waals surface area contributed by atoms with Gasteiger partial charge in [-0.05, 0) is 57.9 Å². The molecule has 7 aromatic rings. The summed E-state index contributed by atoms with van der Waals surface area (Å²) in [7, 11) is -2.84. The smallest absolute Gasteiger partial charge is 0.276 e. The van der Waals surface area contributed by atoms with E-state index in [1.807, 2.05) is 84.9 Å². The normalized spacial score (nSPS) is 11.5. The van der Waals surface area contributed by atoms with Crippen LogP contribution in [-0.2, 0) is 6.16 Å². The second-order valence-corrected chi connectivity index (χ2v) is 14.8. The number of phenolic OH excluding ortho intramolecular Hbond substituents is 1. The number of phenols is 1. The summed E-state index contributed by atoms with van der Waals surface area (Å²) in [4.78, 5) is 22.9. The predicted octanol–water partition coefficient (Wildman–Crippen LogP) is 8.68. The third-order valence-corrected chi connectivity index (χ3v) is 13.1. The van der Waals surface area contributed by atoms with Crippen molar-refractivity contribution in [3.05, 3.63) is 177 Å². The lowest BCUT2D eigenvalue weighted by Gasteiger charge is -2.30. The summed E-state index contributed by atoms with van der Waals surface area (Å²) in [5.41, 5.74) is 1.36. The molecule has 0 radical (unpaired) electrons. The van der Waals surface area contributed by atoms with Crippen LogP contribution in [0, 0.1) is 20.2 Å². The number of benzene rings is 7. The van der Waals surface area contributed by atoms with E-state index in [4.69, 9.17) is 0 Å². The third-order valence-electron chi connectivity index (χ3n) is 8.67. The van der Waals surface area contributed by atoms with Gasteiger partial charge in [0.05, 0.1) is 22.1 Å². The molecule has 8 heteroatoms. The van der Waals surface area contributed by atoms with Gasteiger partial charge in [0.15, 0.2) is 0 Å². The molecule has 228 valence electrons. The Morgan fingerprint density at radius 2 is 1.00 bits per heavy atom. The molecule has 7 rings (SSSR count). The van der Waals surface area contributed by atoms with Gasteiger partial charge in [-0.3, -0.25) is 20.2 Å². The van der Waals surface area contributed by atoms with Crippen LogP contribution >= 0.6 is 7.26 Å². The number of rotatable bonds is 8. The lowest BCUT2D eigenvalue weighted by Crippen LogP contribution is -2.33. The molecule has 0 aliphatic carbocycles. The first-order valence-electron chi connectivity index (χ1n) is 15.0. The zero-order valence-corrected chi connectivity index (χ0v) is 26.0. The maximum Gasteiger partial charge on any atom is 0.276 e. The van der Waals surface area contributed by atoms with E-state index in [2.05, 4.69) is 42.5 Å². The van der Waals surface area contributed by atoms with Crippen LogP contribution in [0.5, 0.6) is 5.75 Å². The average Bonchev–Trinajstić information content (AvgIpc) is 3.11. The van der Waals surface area contributed by atoms with Crippen molar-refractivity contribution in [2.75, 3.05) is 0 Å². The largest absolute Gasteiger partial charge is 0.507 e. The van der Waals surface area contributed by atoms with Gasteiger partial charge in [0.1, 0.15) is 28.9 Å². The van der Waals surface area contributed by atoms with Gasteiger partial charge in [-0.2, -0.15) is 0 Å². The van der Waals surface area contributed by atoms with Gasteiger partial charge in [0.25, 0.3) is 11.4 Å². The molecule has 0 fully saturated rings. The number of nitro groups is 2. The monoisotopic (exact) mass is 635 g/mol. The van der Waals surface area contributed by atoms with Gasteiger partial charge in [-0.25, -0.2) is 0 Å². The highest BCUT2D eigenvalue weighted by atomic mass is 31.2. The first-order valence-corrected chi connectivity index (χ1v) is 17.0. The van der Waals surface area contributed by atoms with Crippen LogP contribution < -0.4 is 15.9 Å². The van der Waals surface area contributed by atoms with Crippen molar-refractivity contribution in [2.24, 2.45) is 0 Å². The fraction of sp³-hybridized carbons (Fsp3) is 0.0256. The number of hydrogen-bond acceptors (Lipinski definition) is 5. The Bertz CT molecular complexity index is 2240. The Balaban J connectivity index is 1.67. The summed E-state index contributed by atoms with van der Waals surface area (Å²) < 4.78 is 0. The van der Waals surface area contributed by atoms with E-state index >= 15 is 0 Å². The number of nitrogens with zero attached hydrogens (tertiary/aromatic N) is 2. The highest BCUT2D eigenvalue weighted by Crippen LogP contribution is 2.61. The molecule has 0 aliphatic heterocycles. The molecule has 0 atom stereocenters. The maximum absolute atomic E-state index is 12.0. The van der Waals surface area contributed by atoms with Crippen LogP contribution in [-0.4, -0.2) is 15.0 Å². The second-order valence-electron chi connectivity index (χ2n) is 11.4. The molecule has 0 aromatic heterocycles. The zero-order chi connectivity index (χ0) is 32.5. The zero-order valence-electron chi connectivity index (χ0n) is 25.1. The minimum Gasteiger partial charge on any atom is -0.507 e. The number of nitro benzene ring substituents is 2. The number of non-ortho nitro benzene ring substituents is 2. The predicted molar refractivity (Wildman–Crippen MR) is 191 cm³/mol. The first-order chi connectivity index (χ1) is 22.9. The highest BCUT2D eigenvalue weighted by Gasteiger charge is 2.48. The van der Waals surface area contributed by atoms with Crippen molar-refractivity contribution in [2.45, 2.75) is 6.16 Å². The Hall–Kier alpha value is -5.91. The Kier molecular flexibility index (Phi) is 7.68. The van der Waals surface area contributed by atoms with Gasteiger partial charge in [-0.15, -0.1) is 0 Å². The summed E-state index contributed by atoms with van der Waals surface area (Å²) in [6.07, 6.45) is 0.264.